The monoisotopic (exact) mass is 911 g/mol. The van der Waals surface area contributed by atoms with Crippen LogP contribution in [-0.4, -0.2) is 37.2 Å². The van der Waals surface area contributed by atoms with E-state index in [1.807, 2.05) is 54.7 Å². The summed E-state index contributed by atoms with van der Waals surface area (Å²) in [6, 6.07) is 0. The van der Waals surface area contributed by atoms with E-state index in [1.165, 1.54) is 77.0 Å². The molecule has 0 aromatic heterocycles. The van der Waals surface area contributed by atoms with Gasteiger partial charge < -0.3 is 14.2 Å². The SMILES string of the molecule is CC/C=C/C=C/C=C/C=C/C=C/CCCC(=O)OCC(COC(=O)CCCCCCC/C=C/C=C/C=C/CCCCCCC)OC(=O)CCC/C=C/C/C=C/C/C=C/CCCCCCCC. The molecule has 0 N–H and O–H groups in total. The van der Waals surface area contributed by atoms with Crippen LogP contribution >= 0.6 is 0 Å². The third kappa shape index (κ3) is 50.5. The topological polar surface area (TPSA) is 78.9 Å². The van der Waals surface area contributed by atoms with Crippen molar-refractivity contribution in [2.24, 2.45) is 0 Å². The number of allylic oxidation sites excluding steroid dienone is 22. The molecule has 370 valence electrons. The largest absolute Gasteiger partial charge is 0.462 e. The van der Waals surface area contributed by atoms with Crippen molar-refractivity contribution in [3.8, 4) is 0 Å². The van der Waals surface area contributed by atoms with Crippen LogP contribution in [0.3, 0.4) is 0 Å². The van der Waals surface area contributed by atoms with Crippen LogP contribution < -0.4 is 0 Å². The molecule has 0 bridgehead atoms. The van der Waals surface area contributed by atoms with Gasteiger partial charge in [0, 0.05) is 19.3 Å². The van der Waals surface area contributed by atoms with Crippen molar-refractivity contribution in [2.75, 3.05) is 13.2 Å². The molecule has 6 nitrogen and oxygen atoms in total. The van der Waals surface area contributed by atoms with Crippen molar-refractivity contribution in [3.63, 3.8) is 0 Å². The van der Waals surface area contributed by atoms with Gasteiger partial charge in [-0.05, 0) is 89.9 Å². The maximum absolute atomic E-state index is 12.8. The number of hydrogen-bond acceptors (Lipinski definition) is 6. The highest BCUT2D eigenvalue weighted by atomic mass is 16.6. The Morgan fingerprint density at radius 2 is 0.667 bits per heavy atom. The Morgan fingerprint density at radius 3 is 1.14 bits per heavy atom. The Hall–Kier alpha value is -4.45. The average Bonchev–Trinajstić information content (AvgIpc) is 3.31. The molecule has 0 saturated heterocycles. The highest BCUT2D eigenvalue weighted by Crippen LogP contribution is 2.11. The summed E-state index contributed by atoms with van der Waals surface area (Å²) in [5.41, 5.74) is 0. The number of carbonyl (C=O) groups excluding carboxylic acids is 3. The van der Waals surface area contributed by atoms with Crippen LogP contribution in [0.25, 0.3) is 0 Å². The first-order chi connectivity index (χ1) is 32.5. The van der Waals surface area contributed by atoms with Gasteiger partial charge in [0.05, 0.1) is 0 Å². The lowest BCUT2D eigenvalue weighted by Crippen LogP contribution is -2.30. The van der Waals surface area contributed by atoms with E-state index in [2.05, 4.69) is 99.8 Å². The van der Waals surface area contributed by atoms with Gasteiger partial charge in [-0.3, -0.25) is 14.4 Å². The third-order valence-electron chi connectivity index (χ3n) is 10.5. The minimum absolute atomic E-state index is 0.136. The van der Waals surface area contributed by atoms with Crippen molar-refractivity contribution in [1.29, 1.82) is 0 Å². The highest BCUT2D eigenvalue weighted by molar-refractivity contribution is 5.71. The van der Waals surface area contributed by atoms with E-state index in [4.69, 9.17) is 14.2 Å². The predicted molar refractivity (Wildman–Crippen MR) is 283 cm³/mol. The van der Waals surface area contributed by atoms with Crippen molar-refractivity contribution in [2.45, 2.75) is 213 Å². The molecule has 0 amide bonds. The fourth-order valence-corrected chi connectivity index (χ4v) is 6.61. The molecule has 0 aliphatic carbocycles. The minimum Gasteiger partial charge on any atom is -0.462 e. The van der Waals surface area contributed by atoms with Gasteiger partial charge in [-0.2, -0.15) is 0 Å². The van der Waals surface area contributed by atoms with Gasteiger partial charge in [-0.25, -0.2) is 0 Å². The lowest BCUT2D eigenvalue weighted by atomic mass is 10.1. The summed E-state index contributed by atoms with van der Waals surface area (Å²) in [6.45, 7) is 6.32. The van der Waals surface area contributed by atoms with Crippen LogP contribution in [0.2, 0.25) is 0 Å². The van der Waals surface area contributed by atoms with Crippen LogP contribution in [0.1, 0.15) is 207 Å². The predicted octanol–water partition coefficient (Wildman–Crippen LogP) is 17.5. The van der Waals surface area contributed by atoms with Crippen molar-refractivity contribution < 1.29 is 28.6 Å². The van der Waals surface area contributed by atoms with Gasteiger partial charge in [-0.15, -0.1) is 0 Å². The molecule has 0 saturated carbocycles. The number of esters is 3. The molecule has 0 aromatic rings. The summed E-state index contributed by atoms with van der Waals surface area (Å²) < 4.78 is 16.7. The van der Waals surface area contributed by atoms with Gasteiger partial charge >= 0.3 is 17.9 Å². The number of ether oxygens (including phenoxy) is 3. The summed E-state index contributed by atoms with van der Waals surface area (Å²) in [5, 5.41) is 0. The summed E-state index contributed by atoms with van der Waals surface area (Å²) in [4.78, 5) is 38.0. The molecule has 0 fully saturated rings. The van der Waals surface area contributed by atoms with E-state index in [0.717, 1.165) is 77.0 Å². The zero-order valence-corrected chi connectivity index (χ0v) is 42.1. The first-order valence-corrected chi connectivity index (χ1v) is 26.3. The standard InChI is InChI=1S/C60H94O6/c1-4-7-10-13-16-19-22-25-27-29-31-32-35-38-41-44-47-50-53-59(62)65-56-57(55-64-58(61)52-49-46-43-40-37-34-24-21-18-15-12-9-6-3)66-60(63)54-51-48-45-42-39-36-33-30-28-26-23-20-17-14-11-8-5-2/h9,12,15,18,21-22,24-29,31-34,36-37,40,42-43,45,57H,4-8,10-11,13-14,16-17,19-20,23,30,35,38-39,41,44,46-56H2,1-3H3/b12-9+,18-15+,24-21+,25-22+,28-26+,29-27+,32-31+,36-33+,37-34+,43-40+,45-42+. The molecule has 1 unspecified atom stereocenters. The van der Waals surface area contributed by atoms with Gasteiger partial charge in [0.25, 0.3) is 0 Å². The second-order valence-corrected chi connectivity index (χ2v) is 16.9. The molecular formula is C60H94O6. The molecule has 66 heavy (non-hydrogen) atoms. The normalized spacial score (nSPS) is 13.2. The highest BCUT2D eigenvalue weighted by Gasteiger charge is 2.19. The fraction of sp³-hybridized carbons (Fsp3) is 0.583. The van der Waals surface area contributed by atoms with Crippen molar-refractivity contribution in [3.05, 3.63) is 134 Å². The van der Waals surface area contributed by atoms with Crippen molar-refractivity contribution in [1.82, 2.24) is 0 Å². The lowest BCUT2D eigenvalue weighted by Gasteiger charge is -2.18. The summed E-state index contributed by atoms with van der Waals surface area (Å²) >= 11 is 0. The quantitative estimate of drug-likeness (QED) is 0.0199. The van der Waals surface area contributed by atoms with Gasteiger partial charge in [-0.1, -0.05) is 231 Å². The molecule has 0 aliphatic heterocycles. The van der Waals surface area contributed by atoms with Crippen molar-refractivity contribution >= 4 is 17.9 Å². The summed E-state index contributed by atoms with van der Waals surface area (Å²) in [7, 11) is 0. The van der Waals surface area contributed by atoms with Crippen LogP contribution in [0.5, 0.6) is 0 Å². The van der Waals surface area contributed by atoms with Gasteiger partial charge in [0.1, 0.15) is 13.2 Å². The maximum atomic E-state index is 12.8. The Kier molecular flexibility index (Phi) is 49.6. The number of carbonyl (C=O) groups is 3. The first kappa shape index (κ1) is 61.5. The molecule has 0 aliphatic rings. The minimum atomic E-state index is -0.847. The van der Waals surface area contributed by atoms with E-state index in [0.29, 0.717) is 19.3 Å². The van der Waals surface area contributed by atoms with E-state index >= 15 is 0 Å². The smallest absolute Gasteiger partial charge is 0.306 e. The number of rotatable bonds is 45. The zero-order valence-electron chi connectivity index (χ0n) is 42.1. The summed E-state index contributed by atoms with van der Waals surface area (Å²) in [6.07, 6.45) is 74.5. The Labute approximate surface area is 405 Å². The van der Waals surface area contributed by atoms with Gasteiger partial charge in [0.15, 0.2) is 6.10 Å². The molecular weight excluding hydrogens is 817 g/mol. The zero-order chi connectivity index (χ0) is 47.9. The first-order valence-electron chi connectivity index (χ1n) is 26.3. The van der Waals surface area contributed by atoms with Crippen LogP contribution in [0.4, 0.5) is 0 Å². The molecule has 0 heterocycles. The third-order valence-corrected chi connectivity index (χ3v) is 10.5. The second-order valence-electron chi connectivity index (χ2n) is 16.9. The molecule has 6 heteroatoms. The van der Waals surface area contributed by atoms with E-state index in [-0.39, 0.29) is 38.0 Å². The molecule has 0 radical (unpaired) electrons. The Morgan fingerprint density at radius 1 is 0.333 bits per heavy atom. The molecule has 0 spiro atoms. The van der Waals surface area contributed by atoms with Crippen LogP contribution in [-0.2, 0) is 28.6 Å². The second kappa shape index (κ2) is 53.2. The molecule has 0 aromatic carbocycles. The average molecular weight is 911 g/mol. The van der Waals surface area contributed by atoms with Crippen LogP contribution in [0.15, 0.2) is 134 Å². The Bertz CT molecular complexity index is 1460. The van der Waals surface area contributed by atoms with E-state index in [9.17, 15) is 14.4 Å². The maximum Gasteiger partial charge on any atom is 0.306 e. The number of unbranched alkanes of at least 4 members (excludes halogenated alkanes) is 18. The molecule has 0 rings (SSSR count). The summed E-state index contributed by atoms with van der Waals surface area (Å²) in [5.74, 6) is -1.09. The van der Waals surface area contributed by atoms with Gasteiger partial charge in [0.2, 0.25) is 0 Å². The van der Waals surface area contributed by atoms with E-state index < -0.39 is 12.1 Å². The van der Waals surface area contributed by atoms with E-state index in [1.54, 1.807) is 0 Å². The molecule has 1 atom stereocenters. The number of hydrogen-bond donors (Lipinski definition) is 0. The fourth-order valence-electron chi connectivity index (χ4n) is 6.61. The van der Waals surface area contributed by atoms with Crippen LogP contribution in [0, 0.1) is 0 Å². The lowest BCUT2D eigenvalue weighted by molar-refractivity contribution is -0.167. The Balaban J connectivity index is 4.61.